The molecule has 0 saturated heterocycles. The van der Waals surface area contributed by atoms with Gasteiger partial charge in [0.1, 0.15) is 38.2 Å². The van der Waals surface area contributed by atoms with Gasteiger partial charge in [0.05, 0.1) is 35.1 Å². The molecule has 1 atom stereocenters. The number of ether oxygens (including phenoxy) is 1. The molecule has 0 amide bonds. The molecule has 14 nitrogen and oxygen atoms in total. The molecule has 4 heterocycles. The highest BCUT2D eigenvalue weighted by atomic mass is 35.5. The summed E-state index contributed by atoms with van der Waals surface area (Å²) in [5, 5.41) is 15.8. The Hall–Kier alpha value is -5.95. The number of hydrazine groups is 1. The van der Waals surface area contributed by atoms with Crippen LogP contribution in [0.2, 0.25) is 10.0 Å². The number of aldehydes is 1. The minimum Gasteiger partial charge on any atom is -0.462 e. The number of nitrogen functional groups attached to an aromatic ring is 2. The van der Waals surface area contributed by atoms with Crippen LogP contribution in [0.25, 0.3) is 11.4 Å². The number of anilines is 2. The summed E-state index contributed by atoms with van der Waals surface area (Å²) in [6, 6.07) is 21.2. The van der Waals surface area contributed by atoms with Crippen molar-refractivity contribution in [3.63, 3.8) is 0 Å². The summed E-state index contributed by atoms with van der Waals surface area (Å²) < 4.78 is 48.4. The van der Waals surface area contributed by atoms with Crippen molar-refractivity contribution in [2.45, 2.75) is 6.29 Å². The van der Waals surface area contributed by atoms with Crippen molar-refractivity contribution in [2.24, 2.45) is 5.84 Å². The summed E-state index contributed by atoms with van der Waals surface area (Å²) in [7, 11) is 0. The van der Waals surface area contributed by atoms with Gasteiger partial charge in [-0.1, -0.05) is 46.4 Å². The predicted molar refractivity (Wildman–Crippen MR) is 203 cm³/mol. The number of nitrogens with one attached hydrogen (secondary N) is 1. The zero-order valence-electron chi connectivity index (χ0n) is 28.0. The summed E-state index contributed by atoms with van der Waals surface area (Å²) in [6.07, 6.45) is 3.44. The molecule has 0 fully saturated rings. The first-order chi connectivity index (χ1) is 26.7. The molecule has 0 saturated carbocycles. The van der Waals surface area contributed by atoms with Gasteiger partial charge in [-0.25, -0.2) is 18.0 Å². The molecule has 1 unspecified atom stereocenters. The van der Waals surface area contributed by atoms with Gasteiger partial charge in [0, 0.05) is 5.69 Å². The van der Waals surface area contributed by atoms with E-state index >= 15 is 0 Å². The molecule has 56 heavy (non-hydrogen) atoms. The molecule has 0 radical (unpaired) electrons. The van der Waals surface area contributed by atoms with Crippen LogP contribution in [-0.2, 0) is 9.53 Å². The van der Waals surface area contributed by atoms with E-state index in [4.69, 9.17) is 63.1 Å². The van der Waals surface area contributed by atoms with Gasteiger partial charge < -0.3 is 25.4 Å². The highest BCUT2D eigenvalue weighted by Crippen LogP contribution is 2.26. The number of rotatable bonds is 4. The fraction of sp³-hybridized carbons (Fsp3) is 0.0286. The van der Waals surface area contributed by atoms with E-state index in [9.17, 15) is 32.3 Å². The molecule has 292 valence electrons. The third-order valence-corrected chi connectivity index (χ3v) is 7.97. The lowest BCUT2D eigenvalue weighted by molar-refractivity contribution is -0.150. The summed E-state index contributed by atoms with van der Waals surface area (Å²) in [5.41, 5.74) is 8.59. The standard InChI is InChI=1S/C10H5Cl2FN2O.C10H8FN3O.C6H7FN2.C5H4O2.C4H2Cl2O3/c11-8-5-14-15(10(16)9(8)12)7-3-1-6(13)2-4-7;11-7-1-3-8(4-2-7)14-10(15)9(12)5-6-13-14;7-5-1-3-6(9-8)4-2-5;6-4-5-2-1-3-7-5;5-1-2(6)4(8)9-3(1)7/h1-5H;1-6H,12H2;1-4,9H,8H2;1-4H;3,7H. The van der Waals surface area contributed by atoms with Crippen LogP contribution in [0.5, 0.6) is 0 Å². The van der Waals surface area contributed by atoms with Crippen molar-refractivity contribution in [1.29, 1.82) is 0 Å². The number of aliphatic hydroxyl groups excluding tert-OH is 1. The number of nitrogens with two attached hydrogens (primary N) is 2. The van der Waals surface area contributed by atoms with Crippen molar-refractivity contribution < 1.29 is 37.0 Å². The Balaban J connectivity index is 0.000000194. The van der Waals surface area contributed by atoms with Crippen molar-refractivity contribution >= 4 is 70.0 Å². The first-order valence-electron chi connectivity index (χ1n) is 15.1. The molecule has 7 rings (SSSR count). The van der Waals surface area contributed by atoms with Gasteiger partial charge in [0.2, 0.25) is 6.29 Å². The lowest BCUT2D eigenvalue weighted by Crippen LogP contribution is -2.23. The normalized spacial score (nSPS) is 12.6. The van der Waals surface area contributed by atoms with E-state index in [1.807, 2.05) is 0 Å². The summed E-state index contributed by atoms with van der Waals surface area (Å²) in [6.45, 7) is 0. The van der Waals surface area contributed by atoms with Crippen LogP contribution in [-0.4, -0.2) is 43.2 Å². The fourth-order valence-corrected chi connectivity index (χ4v) is 4.20. The number of halogens is 7. The number of hydrogen-bond donors (Lipinski definition) is 4. The number of furan rings is 1. The number of carbonyl (C=O) groups excluding carboxylic acids is 2. The Bertz CT molecular complexity index is 2360. The minimum absolute atomic E-state index is 0.0880. The summed E-state index contributed by atoms with van der Waals surface area (Å²) in [4.78, 5) is 43.3. The zero-order valence-corrected chi connectivity index (χ0v) is 31.1. The van der Waals surface area contributed by atoms with Gasteiger partial charge in [-0.05, 0) is 91.0 Å². The monoisotopic (exact) mass is 853 g/mol. The SMILES string of the molecule is NNc1ccc(F)cc1.Nc1ccnn(-c2ccc(F)cc2)c1=O.O=C1OC(O)C(Cl)=C1Cl.O=Cc1ccco1.O=c1c(Cl)c(Cl)cnn1-c1ccc(F)cc1. The molecule has 3 aromatic carbocycles. The van der Waals surface area contributed by atoms with Crippen molar-refractivity contribution in [3.8, 4) is 11.4 Å². The molecule has 3 aromatic heterocycles. The maximum Gasteiger partial charge on any atom is 0.353 e. The molecular formula is C35H26Cl4F3N7O7. The van der Waals surface area contributed by atoms with Gasteiger partial charge in [0.15, 0.2) is 12.0 Å². The zero-order chi connectivity index (χ0) is 41.4. The molecule has 0 aliphatic carbocycles. The Kier molecular flexibility index (Phi) is 17.3. The summed E-state index contributed by atoms with van der Waals surface area (Å²) >= 11 is 21.8. The molecule has 21 heteroatoms. The van der Waals surface area contributed by atoms with Crippen molar-refractivity contribution in [1.82, 2.24) is 19.6 Å². The number of benzene rings is 3. The van der Waals surface area contributed by atoms with Gasteiger partial charge in [0.25, 0.3) is 11.1 Å². The average Bonchev–Trinajstić information content (AvgIpc) is 3.81. The third-order valence-electron chi connectivity index (χ3n) is 6.39. The van der Waals surface area contributed by atoms with Gasteiger partial charge >= 0.3 is 5.97 Å². The van der Waals surface area contributed by atoms with E-state index in [-0.39, 0.29) is 37.4 Å². The number of hydrogen-bond acceptors (Lipinski definition) is 12. The average molecular weight is 855 g/mol. The highest BCUT2D eigenvalue weighted by Gasteiger charge is 2.30. The third kappa shape index (κ3) is 13.1. The van der Waals surface area contributed by atoms with E-state index in [1.165, 1.54) is 85.4 Å². The van der Waals surface area contributed by atoms with Crippen LogP contribution in [0.4, 0.5) is 24.5 Å². The minimum atomic E-state index is -1.37. The van der Waals surface area contributed by atoms with E-state index in [0.29, 0.717) is 29.1 Å². The fourth-order valence-electron chi connectivity index (χ4n) is 3.69. The lowest BCUT2D eigenvalue weighted by atomic mass is 10.3. The Morgan fingerprint density at radius 2 is 1.29 bits per heavy atom. The first-order valence-corrected chi connectivity index (χ1v) is 16.6. The molecule has 6 aromatic rings. The number of aromatic nitrogens is 4. The lowest BCUT2D eigenvalue weighted by Gasteiger charge is -2.04. The van der Waals surface area contributed by atoms with Crippen molar-refractivity contribution in [2.75, 3.05) is 11.2 Å². The van der Waals surface area contributed by atoms with E-state index in [1.54, 1.807) is 24.3 Å². The highest BCUT2D eigenvalue weighted by molar-refractivity contribution is 6.48. The van der Waals surface area contributed by atoms with Crippen molar-refractivity contribution in [3.05, 3.63) is 174 Å². The number of esters is 1. The van der Waals surface area contributed by atoms with Crippen LogP contribution < -0.4 is 28.1 Å². The van der Waals surface area contributed by atoms with Gasteiger partial charge in [-0.2, -0.15) is 19.6 Å². The van der Waals surface area contributed by atoms with Crippen LogP contribution in [0.1, 0.15) is 10.6 Å². The number of aliphatic hydroxyl groups is 1. The Morgan fingerprint density at radius 1 is 0.768 bits per heavy atom. The maximum absolute atomic E-state index is 12.7. The maximum atomic E-state index is 12.7. The molecule has 6 N–H and O–H groups in total. The largest absolute Gasteiger partial charge is 0.462 e. The van der Waals surface area contributed by atoms with Crippen LogP contribution in [0.3, 0.4) is 0 Å². The molecule has 1 aliphatic rings. The Morgan fingerprint density at radius 3 is 1.68 bits per heavy atom. The predicted octanol–water partition coefficient (Wildman–Crippen LogP) is 6.39. The smallest absolute Gasteiger partial charge is 0.353 e. The first kappa shape index (κ1) is 44.4. The molecule has 1 aliphatic heterocycles. The van der Waals surface area contributed by atoms with Crippen LogP contribution in [0, 0.1) is 17.5 Å². The second kappa shape index (κ2) is 21.8. The van der Waals surface area contributed by atoms with Gasteiger partial charge in [-0.3, -0.25) is 20.2 Å². The van der Waals surface area contributed by atoms with Crippen LogP contribution in [0.15, 0.2) is 134 Å². The van der Waals surface area contributed by atoms with E-state index in [2.05, 4.69) is 24.8 Å². The molecule has 0 spiro atoms. The summed E-state index contributed by atoms with van der Waals surface area (Å²) in [5.74, 6) is 3.61. The quantitative estimate of drug-likeness (QED) is 0.0658. The van der Waals surface area contributed by atoms with E-state index < -0.39 is 29.2 Å². The number of nitrogens with zero attached hydrogens (tertiary/aromatic N) is 4. The van der Waals surface area contributed by atoms with Gasteiger partial charge in [-0.15, -0.1) is 0 Å². The molecular weight excluding hydrogens is 829 g/mol. The number of carbonyl (C=O) groups is 2. The van der Waals surface area contributed by atoms with Crippen LogP contribution >= 0.6 is 46.4 Å². The second-order valence-electron chi connectivity index (χ2n) is 10.2. The molecule has 0 bridgehead atoms. The number of cyclic esters (lactones) is 1. The second-order valence-corrected chi connectivity index (χ2v) is 11.8. The topological polar surface area (TPSA) is 211 Å². The Labute approximate surface area is 333 Å². The van der Waals surface area contributed by atoms with E-state index in [0.717, 1.165) is 9.36 Å².